The van der Waals surface area contributed by atoms with Gasteiger partial charge in [-0.05, 0) is 51.0 Å². The summed E-state index contributed by atoms with van der Waals surface area (Å²) in [5.41, 5.74) is 2.58. The van der Waals surface area contributed by atoms with Gasteiger partial charge in [0.15, 0.2) is 0 Å². The van der Waals surface area contributed by atoms with Crippen molar-refractivity contribution in [3.63, 3.8) is 0 Å². The fourth-order valence-corrected chi connectivity index (χ4v) is 2.75. The topological polar surface area (TPSA) is 55.4 Å². The molecule has 0 saturated carbocycles. The first-order valence-corrected chi connectivity index (χ1v) is 8.54. The molecule has 0 spiro atoms. The molecular formula is C13H20BrNO3S. The first-order chi connectivity index (χ1) is 8.71. The van der Waals surface area contributed by atoms with Crippen LogP contribution in [0.25, 0.3) is 0 Å². The van der Waals surface area contributed by atoms with Gasteiger partial charge in [0, 0.05) is 10.2 Å². The molecule has 1 N–H and O–H groups in total. The van der Waals surface area contributed by atoms with Crippen LogP contribution in [0.3, 0.4) is 0 Å². The van der Waals surface area contributed by atoms with Gasteiger partial charge in [-0.15, -0.1) is 0 Å². The average Bonchev–Trinajstić information content (AvgIpc) is 2.24. The second-order valence-electron chi connectivity index (χ2n) is 4.76. The first-order valence-electron chi connectivity index (χ1n) is 6.10. The lowest BCUT2D eigenvalue weighted by molar-refractivity contribution is 0.0913. The molecule has 0 radical (unpaired) electrons. The van der Waals surface area contributed by atoms with E-state index in [1.807, 2.05) is 27.7 Å². The molecule has 19 heavy (non-hydrogen) atoms. The summed E-state index contributed by atoms with van der Waals surface area (Å²) in [4.78, 5) is 0. The molecule has 0 aromatic heterocycles. The Morgan fingerprint density at radius 1 is 1.26 bits per heavy atom. The standard InChI is InChI=1S/C13H20BrNO3S/c1-9(2)18-5-6-19(16,17)15-12-7-10(3)13(14)11(4)8-12/h7-9,15H,5-6H2,1-4H3. The maximum Gasteiger partial charge on any atom is 0.235 e. The van der Waals surface area contributed by atoms with E-state index in [0.29, 0.717) is 5.69 Å². The molecule has 0 aliphatic rings. The predicted molar refractivity (Wildman–Crippen MR) is 82.1 cm³/mol. The van der Waals surface area contributed by atoms with Gasteiger partial charge in [0.05, 0.1) is 18.5 Å². The molecule has 0 bridgehead atoms. The molecule has 0 amide bonds. The zero-order valence-electron chi connectivity index (χ0n) is 11.7. The highest BCUT2D eigenvalue weighted by molar-refractivity contribution is 9.10. The molecule has 0 aliphatic carbocycles. The third-order valence-corrected chi connectivity index (χ3v) is 5.01. The zero-order chi connectivity index (χ0) is 14.6. The van der Waals surface area contributed by atoms with Gasteiger partial charge in [0.2, 0.25) is 10.0 Å². The van der Waals surface area contributed by atoms with E-state index >= 15 is 0 Å². The Hall–Kier alpha value is -0.590. The molecule has 1 aromatic rings. The Morgan fingerprint density at radius 3 is 2.26 bits per heavy atom. The number of halogens is 1. The van der Waals surface area contributed by atoms with Crippen molar-refractivity contribution in [1.82, 2.24) is 0 Å². The first kappa shape index (κ1) is 16.5. The van der Waals surface area contributed by atoms with Crippen molar-refractivity contribution in [3.8, 4) is 0 Å². The van der Waals surface area contributed by atoms with Gasteiger partial charge in [-0.3, -0.25) is 4.72 Å². The quantitative estimate of drug-likeness (QED) is 0.857. The van der Waals surface area contributed by atoms with E-state index in [1.54, 1.807) is 12.1 Å². The van der Waals surface area contributed by atoms with Gasteiger partial charge in [0.1, 0.15) is 0 Å². The smallest absolute Gasteiger partial charge is 0.235 e. The van der Waals surface area contributed by atoms with Crippen LogP contribution < -0.4 is 4.72 Å². The van der Waals surface area contributed by atoms with Crippen LogP contribution in [0.15, 0.2) is 16.6 Å². The van der Waals surface area contributed by atoms with Crippen LogP contribution in [-0.2, 0) is 14.8 Å². The van der Waals surface area contributed by atoms with Crippen LogP contribution in [0.4, 0.5) is 5.69 Å². The Balaban J connectivity index is 2.73. The van der Waals surface area contributed by atoms with Crippen LogP contribution in [0, 0.1) is 13.8 Å². The van der Waals surface area contributed by atoms with Gasteiger partial charge >= 0.3 is 0 Å². The molecular weight excluding hydrogens is 330 g/mol. The zero-order valence-corrected chi connectivity index (χ0v) is 14.1. The minimum absolute atomic E-state index is 0.0346. The van der Waals surface area contributed by atoms with E-state index in [1.165, 1.54) is 0 Å². The lowest BCUT2D eigenvalue weighted by atomic mass is 10.1. The number of ether oxygens (including phenoxy) is 1. The Labute approximate surface area is 123 Å². The number of hydrogen-bond acceptors (Lipinski definition) is 3. The third kappa shape index (κ3) is 5.50. The summed E-state index contributed by atoms with van der Waals surface area (Å²) in [6.07, 6.45) is 0.0346. The van der Waals surface area contributed by atoms with Crippen LogP contribution in [0.1, 0.15) is 25.0 Å². The van der Waals surface area contributed by atoms with Gasteiger partial charge in [-0.25, -0.2) is 8.42 Å². The van der Waals surface area contributed by atoms with Crippen molar-refractivity contribution in [2.75, 3.05) is 17.1 Å². The van der Waals surface area contributed by atoms with Crippen LogP contribution in [-0.4, -0.2) is 26.9 Å². The lowest BCUT2D eigenvalue weighted by Crippen LogP contribution is -2.21. The number of anilines is 1. The number of sulfonamides is 1. The van der Waals surface area contributed by atoms with Crippen LogP contribution in [0.2, 0.25) is 0 Å². The van der Waals surface area contributed by atoms with E-state index in [4.69, 9.17) is 4.74 Å². The minimum Gasteiger partial charge on any atom is -0.378 e. The van der Waals surface area contributed by atoms with Crippen LogP contribution in [0.5, 0.6) is 0 Å². The van der Waals surface area contributed by atoms with E-state index in [0.717, 1.165) is 15.6 Å². The highest BCUT2D eigenvalue weighted by atomic mass is 79.9. The molecule has 108 valence electrons. The summed E-state index contributed by atoms with van der Waals surface area (Å²) >= 11 is 3.45. The van der Waals surface area contributed by atoms with Crippen molar-refractivity contribution >= 4 is 31.6 Å². The Morgan fingerprint density at radius 2 is 1.79 bits per heavy atom. The average molecular weight is 350 g/mol. The van der Waals surface area contributed by atoms with E-state index < -0.39 is 10.0 Å². The fourth-order valence-electron chi connectivity index (χ4n) is 1.63. The van der Waals surface area contributed by atoms with Gasteiger partial charge in [-0.2, -0.15) is 0 Å². The summed E-state index contributed by atoms with van der Waals surface area (Å²) in [6.45, 7) is 7.80. The molecule has 1 rings (SSSR count). The molecule has 0 atom stereocenters. The number of benzene rings is 1. The highest BCUT2D eigenvalue weighted by Crippen LogP contribution is 2.25. The number of rotatable bonds is 6. The van der Waals surface area contributed by atoms with E-state index in [-0.39, 0.29) is 18.5 Å². The summed E-state index contributed by atoms with van der Waals surface area (Å²) in [6, 6.07) is 3.61. The largest absolute Gasteiger partial charge is 0.378 e. The maximum atomic E-state index is 11.9. The summed E-state index contributed by atoms with van der Waals surface area (Å²) < 4.78 is 32.6. The highest BCUT2D eigenvalue weighted by Gasteiger charge is 2.12. The Bertz CT molecular complexity index is 518. The molecule has 0 fully saturated rings. The monoisotopic (exact) mass is 349 g/mol. The molecule has 0 unspecified atom stereocenters. The molecule has 0 saturated heterocycles. The molecule has 4 nitrogen and oxygen atoms in total. The third-order valence-electron chi connectivity index (χ3n) is 2.51. The van der Waals surface area contributed by atoms with Crippen molar-refractivity contribution in [2.24, 2.45) is 0 Å². The van der Waals surface area contributed by atoms with E-state index in [2.05, 4.69) is 20.7 Å². The molecule has 0 heterocycles. The van der Waals surface area contributed by atoms with Gasteiger partial charge in [-0.1, -0.05) is 15.9 Å². The maximum absolute atomic E-state index is 11.9. The fraction of sp³-hybridized carbons (Fsp3) is 0.538. The van der Waals surface area contributed by atoms with Gasteiger partial charge in [0.25, 0.3) is 0 Å². The SMILES string of the molecule is Cc1cc(NS(=O)(=O)CCOC(C)C)cc(C)c1Br. The summed E-state index contributed by atoms with van der Waals surface area (Å²) in [7, 11) is -3.37. The van der Waals surface area contributed by atoms with Crippen molar-refractivity contribution in [2.45, 2.75) is 33.8 Å². The molecule has 0 aliphatic heterocycles. The predicted octanol–water partition coefficient (Wildman–Crippen LogP) is 3.23. The van der Waals surface area contributed by atoms with Crippen LogP contribution >= 0.6 is 15.9 Å². The minimum atomic E-state index is -3.37. The molecule has 6 heteroatoms. The van der Waals surface area contributed by atoms with Crippen molar-refractivity contribution < 1.29 is 13.2 Å². The summed E-state index contributed by atoms with van der Waals surface area (Å²) in [5, 5.41) is 0. The summed E-state index contributed by atoms with van der Waals surface area (Å²) in [5.74, 6) is -0.0423. The lowest BCUT2D eigenvalue weighted by Gasteiger charge is -2.12. The van der Waals surface area contributed by atoms with E-state index in [9.17, 15) is 8.42 Å². The number of hydrogen-bond donors (Lipinski definition) is 1. The molecule has 1 aromatic carbocycles. The van der Waals surface area contributed by atoms with Crippen molar-refractivity contribution in [1.29, 1.82) is 0 Å². The van der Waals surface area contributed by atoms with Crippen molar-refractivity contribution in [3.05, 3.63) is 27.7 Å². The second kappa shape index (κ2) is 6.72. The number of aryl methyl sites for hydroxylation is 2. The second-order valence-corrected chi connectivity index (χ2v) is 7.40. The number of nitrogens with one attached hydrogen (secondary N) is 1. The Kier molecular flexibility index (Phi) is 5.82. The normalized spacial score (nSPS) is 11.9. The van der Waals surface area contributed by atoms with Gasteiger partial charge < -0.3 is 4.74 Å².